The summed E-state index contributed by atoms with van der Waals surface area (Å²) in [5.41, 5.74) is 2.42. The van der Waals surface area contributed by atoms with Crippen molar-refractivity contribution in [2.24, 2.45) is 5.14 Å². The summed E-state index contributed by atoms with van der Waals surface area (Å²) < 4.78 is 30.0. The number of aromatic carboxylic acids is 1. The number of carbonyl (C=O) groups excluding carboxylic acids is 1. The van der Waals surface area contributed by atoms with Gasteiger partial charge in [-0.25, -0.2) is 23.1 Å². The SMILES string of the molecule is CCOC(=O)c1ccc(Nc2c(S(N)(=O)=O)cc(C(=O)O)c(CC)c2NCc2ccccc2)cc1. The Hall–Kier alpha value is -3.89. The van der Waals surface area contributed by atoms with Crippen LogP contribution in [0.4, 0.5) is 17.1 Å². The molecule has 0 aliphatic carbocycles. The van der Waals surface area contributed by atoms with Gasteiger partial charge in [0.05, 0.1) is 29.1 Å². The Kier molecular flexibility index (Phi) is 8.10. The predicted molar refractivity (Wildman–Crippen MR) is 134 cm³/mol. The Labute approximate surface area is 204 Å². The first-order valence-electron chi connectivity index (χ1n) is 10.9. The minimum Gasteiger partial charge on any atom is -0.478 e. The number of carboxylic acid groups (broad SMARTS) is 1. The topological polar surface area (TPSA) is 148 Å². The van der Waals surface area contributed by atoms with Gasteiger partial charge in [0.2, 0.25) is 10.0 Å². The smallest absolute Gasteiger partial charge is 0.338 e. The van der Waals surface area contributed by atoms with Crippen molar-refractivity contribution in [1.29, 1.82) is 0 Å². The van der Waals surface area contributed by atoms with E-state index < -0.39 is 22.0 Å². The summed E-state index contributed by atoms with van der Waals surface area (Å²) in [6.07, 6.45) is 0.320. The molecule has 0 heterocycles. The number of benzene rings is 3. The van der Waals surface area contributed by atoms with E-state index in [2.05, 4.69) is 10.6 Å². The largest absolute Gasteiger partial charge is 0.478 e. The zero-order chi connectivity index (χ0) is 25.6. The van der Waals surface area contributed by atoms with Crippen LogP contribution >= 0.6 is 0 Å². The fourth-order valence-electron chi connectivity index (χ4n) is 3.64. The highest BCUT2D eigenvalue weighted by molar-refractivity contribution is 7.89. The van der Waals surface area contributed by atoms with Crippen molar-refractivity contribution < 1.29 is 27.9 Å². The quantitative estimate of drug-likeness (QED) is 0.306. The van der Waals surface area contributed by atoms with E-state index in [-0.39, 0.29) is 22.8 Å². The van der Waals surface area contributed by atoms with Gasteiger partial charge in [-0.1, -0.05) is 37.3 Å². The Morgan fingerprint density at radius 1 is 1.00 bits per heavy atom. The van der Waals surface area contributed by atoms with Gasteiger partial charge < -0.3 is 20.5 Å². The van der Waals surface area contributed by atoms with Gasteiger partial charge in [-0.2, -0.15) is 0 Å². The third kappa shape index (κ3) is 6.17. The fourth-order valence-corrected chi connectivity index (χ4v) is 4.36. The summed E-state index contributed by atoms with van der Waals surface area (Å²) in [5, 5.41) is 21.5. The van der Waals surface area contributed by atoms with Crippen LogP contribution in [0.5, 0.6) is 0 Å². The number of sulfonamides is 1. The van der Waals surface area contributed by atoms with E-state index in [4.69, 9.17) is 9.88 Å². The molecular formula is C25H27N3O6S. The lowest BCUT2D eigenvalue weighted by Crippen LogP contribution is -2.19. The van der Waals surface area contributed by atoms with Crippen LogP contribution in [-0.4, -0.2) is 32.1 Å². The standard InChI is InChI=1S/C25H27N3O6S/c1-3-19-20(24(29)30)14-21(35(26,32)33)23(22(19)27-15-16-8-6-5-7-9-16)28-18-12-10-17(11-13-18)25(31)34-4-2/h5-14,27-28H,3-4,15H2,1-2H3,(H,29,30)(H2,26,32,33). The van der Waals surface area contributed by atoms with Gasteiger partial charge in [-0.15, -0.1) is 0 Å². The van der Waals surface area contributed by atoms with E-state index in [0.717, 1.165) is 11.6 Å². The van der Waals surface area contributed by atoms with Crippen LogP contribution in [-0.2, 0) is 27.7 Å². The molecule has 0 spiro atoms. The number of rotatable bonds is 10. The maximum Gasteiger partial charge on any atom is 0.338 e. The molecule has 5 N–H and O–H groups in total. The third-order valence-corrected chi connectivity index (χ3v) is 6.20. The number of nitrogens with one attached hydrogen (secondary N) is 2. The lowest BCUT2D eigenvalue weighted by molar-refractivity contribution is 0.0525. The normalized spacial score (nSPS) is 11.1. The summed E-state index contributed by atoms with van der Waals surface area (Å²) >= 11 is 0. The van der Waals surface area contributed by atoms with Crippen molar-refractivity contribution in [2.45, 2.75) is 31.7 Å². The molecule has 0 atom stereocenters. The second-order valence-electron chi connectivity index (χ2n) is 7.62. The van der Waals surface area contributed by atoms with Crippen LogP contribution < -0.4 is 15.8 Å². The zero-order valence-electron chi connectivity index (χ0n) is 19.4. The highest BCUT2D eigenvalue weighted by Crippen LogP contribution is 2.38. The molecule has 0 unspecified atom stereocenters. The van der Waals surface area contributed by atoms with Crippen molar-refractivity contribution in [1.82, 2.24) is 0 Å². The molecule has 0 aliphatic heterocycles. The van der Waals surface area contributed by atoms with Gasteiger partial charge in [0, 0.05) is 12.2 Å². The molecule has 9 nitrogen and oxygen atoms in total. The molecule has 0 saturated carbocycles. The van der Waals surface area contributed by atoms with Gasteiger partial charge >= 0.3 is 11.9 Å². The second-order valence-corrected chi connectivity index (χ2v) is 9.15. The number of hydrogen-bond donors (Lipinski definition) is 4. The second kappa shape index (κ2) is 11.0. The van der Waals surface area contributed by atoms with Crippen molar-refractivity contribution in [3.63, 3.8) is 0 Å². The summed E-state index contributed by atoms with van der Waals surface area (Å²) in [4.78, 5) is 23.6. The highest BCUT2D eigenvalue weighted by atomic mass is 32.2. The average molecular weight is 498 g/mol. The van der Waals surface area contributed by atoms with Gasteiger partial charge in [0.1, 0.15) is 4.90 Å². The number of anilines is 3. The molecule has 0 saturated heterocycles. The van der Waals surface area contributed by atoms with E-state index >= 15 is 0 Å². The Morgan fingerprint density at radius 2 is 1.66 bits per heavy atom. The lowest BCUT2D eigenvalue weighted by Gasteiger charge is -2.22. The number of ether oxygens (including phenoxy) is 1. The lowest BCUT2D eigenvalue weighted by atomic mass is 10.0. The Morgan fingerprint density at radius 3 is 2.20 bits per heavy atom. The van der Waals surface area contributed by atoms with Crippen molar-refractivity contribution in [3.8, 4) is 0 Å². The fraction of sp³-hybridized carbons (Fsp3) is 0.200. The van der Waals surface area contributed by atoms with Crippen molar-refractivity contribution in [3.05, 3.63) is 82.9 Å². The molecule has 0 aromatic heterocycles. The number of hydrogen-bond acceptors (Lipinski definition) is 7. The molecule has 3 rings (SSSR count). The highest BCUT2D eigenvalue weighted by Gasteiger charge is 2.26. The first-order valence-corrected chi connectivity index (χ1v) is 12.5. The van der Waals surface area contributed by atoms with E-state index in [9.17, 15) is 23.1 Å². The number of esters is 1. The maximum atomic E-state index is 12.5. The molecule has 0 fully saturated rings. The van der Waals surface area contributed by atoms with E-state index in [1.807, 2.05) is 30.3 Å². The molecule has 3 aromatic rings. The van der Waals surface area contributed by atoms with Gasteiger partial charge in [0.25, 0.3) is 0 Å². The van der Waals surface area contributed by atoms with E-state index in [1.165, 1.54) is 0 Å². The number of carboxylic acids is 1. The molecule has 0 bridgehead atoms. The maximum absolute atomic E-state index is 12.5. The first kappa shape index (κ1) is 25.7. The van der Waals surface area contributed by atoms with Crippen molar-refractivity contribution in [2.75, 3.05) is 17.2 Å². The summed E-state index contributed by atoms with van der Waals surface area (Å²) in [6, 6.07) is 16.7. The molecule has 3 aromatic carbocycles. The van der Waals surface area contributed by atoms with Gasteiger partial charge in [-0.05, 0) is 54.8 Å². The number of primary sulfonamides is 1. The molecule has 0 aliphatic rings. The first-order chi connectivity index (χ1) is 16.7. The van der Waals surface area contributed by atoms with E-state index in [0.29, 0.717) is 35.5 Å². The van der Waals surface area contributed by atoms with Gasteiger partial charge in [-0.3, -0.25) is 0 Å². The van der Waals surface area contributed by atoms with Crippen LogP contribution in [0.3, 0.4) is 0 Å². The Balaban J connectivity index is 2.14. The van der Waals surface area contributed by atoms with Gasteiger partial charge in [0.15, 0.2) is 0 Å². The minimum absolute atomic E-state index is 0.120. The van der Waals surface area contributed by atoms with Crippen LogP contribution in [0.25, 0.3) is 0 Å². The third-order valence-electron chi connectivity index (χ3n) is 5.27. The molecular weight excluding hydrogens is 470 g/mol. The zero-order valence-corrected chi connectivity index (χ0v) is 20.2. The molecule has 0 amide bonds. The van der Waals surface area contributed by atoms with Crippen LogP contribution in [0.15, 0.2) is 65.6 Å². The monoisotopic (exact) mass is 497 g/mol. The minimum atomic E-state index is -4.31. The molecule has 10 heteroatoms. The van der Waals surface area contributed by atoms with Crippen LogP contribution in [0.1, 0.15) is 45.7 Å². The molecule has 0 radical (unpaired) electrons. The summed E-state index contributed by atoms with van der Waals surface area (Å²) in [5.74, 6) is -1.74. The number of carbonyl (C=O) groups is 2. The predicted octanol–water partition coefficient (Wildman–Crippen LogP) is 4.13. The Bertz CT molecular complexity index is 1320. The average Bonchev–Trinajstić information content (AvgIpc) is 2.83. The van der Waals surface area contributed by atoms with Crippen LogP contribution in [0.2, 0.25) is 0 Å². The van der Waals surface area contributed by atoms with Crippen LogP contribution in [0, 0.1) is 0 Å². The van der Waals surface area contributed by atoms with Crippen molar-refractivity contribution >= 4 is 39.0 Å². The molecule has 35 heavy (non-hydrogen) atoms. The summed E-state index contributed by atoms with van der Waals surface area (Å²) in [7, 11) is -4.31. The molecule has 184 valence electrons. The van der Waals surface area contributed by atoms with E-state index in [1.54, 1.807) is 38.1 Å². The summed E-state index contributed by atoms with van der Waals surface area (Å²) in [6.45, 7) is 4.04. The number of nitrogens with two attached hydrogens (primary N) is 1.